The lowest BCUT2D eigenvalue weighted by Crippen LogP contribution is -2.21. The number of para-hydroxylation sites is 1. The molecule has 11 heteroatoms. The lowest BCUT2D eigenvalue weighted by atomic mass is 10.1. The van der Waals surface area contributed by atoms with E-state index in [9.17, 15) is 26.0 Å². The highest BCUT2D eigenvalue weighted by atomic mass is 32.2. The Morgan fingerprint density at radius 3 is 2.11 bits per heavy atom. The summed E-state index contributed by atoms with van der Waals surface area (Å²) in [5, 5.41) is 8.21. The molecular weight excluding hydrogens is 400 g/mol. The van der Waals surface area contributed by atoms with Crippen LogP contribution >= 0.6 is 0 Å². The molecular formula is C17H16F4N4O2S. The largest absolute Gasteiger partial charge is 0.434 e. The van der Waals surface area contributed by atoms with Crippen molar-refractivity contribution in [3.63, 3.8) is 0 Å². The number of alkyl halides is 3. The van der Waals surface area contributed by atoms with Crippen LogP contribution in [-0.4, -0.2) is 18.0 Å². The van der Waals surface area contributed by atoms with E-state index in [-0.39, 0.29) is 5.82 Å². The molecule has 0 saturated heterocycles. The van der Waals surface area contributed by atoms with Crippen LogP contribution in [0, 0.1) is 12.7 Å². The Bertz CT molecular complexity index is 1040. The van der Waals surface area contributed by atoms with E-state index in [1.165, 1.54) is 16.7 Å². The molecule has 0 spiro atoms. The smallest absolute Gasteiger partial charge is 0.299 e. The monoisotopic (exact) mass is 416 g/mol. The standard InChI is InChI=1S/C17H12F4N2.H4N2O2S/c1-11-7-12(9-13(18)8-11)16-22-15(17(19,20)21)10-23(16)14-5-3-2-4-6-14;1-5(2,3)4/h2-10H,1H3;(H4,1,2,3,4). The predicted molar refractivity (Wildman–Crippen MR) is 96.0 cm³/mol. The maximum Gasteiger partial charge on any atom is 0.434 e. The lowest BCUT2D eigenvalue weighted by molar-refractivity contribution is -0.140. The number of hydrogen-bond acceptors (Lipinski definition) is 3. The van der Waals surface area contributed by atoms with Crippen LogP contribution in [0.25, 0.3) is 17.1 Å². The maximum absolute atomic E-state index is 13.6. The Labute approximate surface area is 158 Å². The summed E-state index contributed by atoms with van der Waals surface area (Å²) in [5.41, 5.74) is 0.406. The van der Waals surface area contributed by atoms with E-state index in [2.05, 4.69) is 15.3 Å². The molecule has 0 unspecified atom stereocenters. The summed E-state index contributed by atoms with van der Waals surface area (Å²) < 4.78 is 72.4. The van der Waals surface area contributed by atoms with E-state index in [4.69, 9.17) is 0 Å². The van der Waals surface area contributed by atoms with Crippen molar-refractivity contribution in [1.29, 1.82) is 0 Å². The van der Waals surface area contributed by atoms with Gasteiger partial charge in [-0.25, -0.2) is 19.7 Å². The number of nitrogens with zero attached hydrogens (tertiary/aromatic N) is 2. The van der Waals surface area contributed by atoms with Gasteiger partial charge in [-0.3, -0.25) is 4.57 Å². The minimum Gasteiger partial charge on any atom is -0.299 e. The van der Waals surface area contributed by atoms with Crippen LogP contribution in [0.4, 0.5) is 17.6 Å². The van der Waals surface area contributed by atoms with Crippen molar-refractivity contribution in [2.45, 2.75) is 13.1 Å². The van der Waals surface area contributed by atoms with Crippen LogP contribution in [0.15, 0.2) is 54.7 Å². The Morgan fingerprint density at radius 1 is 1.04 bits per heavy atom. The van der Waals surface area contributed by atoms with Crippen LogP contribution in [0.1, 0.15) is 11.3 Å². The summed E-state index contributed by atoms with van der Waals surface area (Å²) in [6.45, 7) is 1.67. The molecule has 0 bridgehead atoms. The second kappa shape index (κ2) is 8.09. The zero-order valence-electron chi connectivity index (χ0n) is 14.5. The molecule has 4 N–H and O–H groups in total. The third kappa shape index (κ3) is 6.15. The van der Waals surface area contributed by atoms with Gasteiger partial charge in [0.05, 0.1) is 0 Å². The molecule has 28 heavy (non-hydrogen) atoms. The highest BCUT2D eigenvalue weighted by Gasteiger charge is 2.35. The van der Waals surface area contributed by atoms with Gasteiger partial charge in [-0.05, 0) is 42.8 Å². The van der Waals surface area contributed by atoms with Gasteiger partial charge in [0.25, 0.3) is 10.2 Å². The Kier molecular flexibility index (Phi) is 6.22. The first kappa shape index (κ1) is 21.5. The number of halogens is 4. The van der Waals surface area contributed by atoms with Gasteiger partial charge in [0, 0.05) is 17.4 Å². The fraction of sp³-hybridized carbons (Fsp3) is 0.118. The van der Waals surface area contributed by atoms with Crippen LogP contribution in [0.3, 0.4) is 0 Å². The van der Waals surface area contributed by atoms with Gasteiger partial charge < -0.3 is 0 Å². The fourth-order valence-corrected chi connectivity index (χ4v) is 2.37. The molecule has 3 aromatic rings. The maximum atomic E-state index is 13.6. The lowest BCUT2D eigenvalue weighted by Gasteiger charge is -2.08. The third-order valence-electron chi connectivity index (χ3n) is 3.33. The normalized spacial score (nSPS) is 11.7. The second-order valence-electron chi connectivity index (χ2n) is 5.76. The first-order valence-electron chi connectivity index (χ1n) is 7.64. The second-order valence-corrected chi connectivity index (χ2v) is 6.94. The number of aromatic nitrogens is 2. The molecule has 1 heterocycles. The van der Waals surface area contributed by atoms with Gasteiger partial charge >= 0.3 is 6.18 Å². The molecule has 0 aliphatic rings. The Hall–Kier alpha value is -2.76. The number of benzene rings is 2. The van der Waals surface area contributed by atoms with Crippen molar-refractivity contribution < 1.29 is 26.0 Å². The van der Waals surface area contributed by atoms with Crippen molar-refractivity contribution in [2.24, 2.45) is 10.3 Å². The Morgan fingerprint density at radius 2 is 1.61 bits per heavy atom. The number of nitrogens with two attached hydrogens (primary N) is 2. The van der Waals surface area contributed by atoms with Crippen molar-refractivity contribution in [3.8, 4) is 17.1 Å². The summed E-state index contributed by atoms with van der Waals surface area (Å²) in [7, 11) is -3.67. The van der Waals surface area contributed by atoms with Crippen LogP contribution in [-0.2, 0) is 16.4 Å². The molecule has 0 saturated carbocycles. The summed E-state index contributed by atoms with van der Waals surface area (Å²) in [5.74, 6) is -0.470. The van der Waals surface area contributed by atoms with E-state index in [0.717, 1.165) is 6.20 Å². The number of imidazole rings is 1. The topological polar surface area (TPSA) is 104 Å². The van der Waals surface area contributed by atoms with Gasteiger partial charge in [0.2, 0.25) is 0 Å². The highest BCUT2D eigenvalue weighted by molar-refractivity contribution is 7.86. The quantitative estimate of drug-likeness (QED) is 0.627. The van der Waals surface area contributed by atoms with E-state index in [1.54, 1.807) is 43.3 Å². The van der Waals surface area contributed by atoms with Crippen LogP contribution in [0.5, 0.6) is 0 Å². The first-order chi connectivity index (χ1) is 12.8. The van der Waals surface area contributed by atoms with Gasteiger partial charge in [-0.2, -0.15) is 21.6 Å². The van der Waals surface area contributed by atoms with Crippen LogP contribution < -0.4 is 10.3 Å². The summed E-state index contributed by atoms with van der Waals surface area (Å²) in [6, 6.07) is 12.6. The van der Waals surface area contributed by atoms with Gasteiger partial charge in [0.15, 0.2) is 5.69 Å². The molecule has 0 aliphatic heterocycles. The third-order valence-corrected chi connectivity index (χ3v) is 3.33. The zero-order chi connectivity index (χ0) is 21.1. The molecule has 1 aromatic heterocycles. The average Bonchev–Trinajstić information content (AvgIpc) is 2.99. The summed E-state index contributed by atoms with van der Waals surface area (Å²) >= 11 is 0. The van der Waals surface area contributed by atoms with E-state index >= 15 is 0 Å². The SMILES string of the molecule is Cc1cc(F)cc(-c2nc(C(F)(F)F)cn2-c2ccccc2)c1.NS(N)(=O)=O. The molecule has 0 fully saturated rings. The van der Waals surface area contributed by atoms with Crippen molar-refractivity contribution in [1.82, 2.24) is 9.55 Å². The number of rotatable bonds is 2. The van der Waals surface area contributed by atoms with Gasteiger partial charge in [-0.1, -0.05) is 18.2 Å². The van der Waals surface area contributed by atoms with Gasteiger partial charge in [-0.15, -0.1) is 0 Å². The molecule has 2 aromatic carbocycles. The number of hydrogen-bond donors (Lipinski definition) is 2. The van der Waals surface area contributed by atoms with E-state index < -0.39 is 27.9 Å². The predicted octanol–water partition coefficient (Wildman–Crippen LogP) is 3.15. The minimum absolute atomic E-state index is 0.0473. The van der Waals surface area contributed by atoms with Crippen molar-refractivity contribution in [3.05, 3.63) is 71.8 Å². The molecule has 0 radical (unpaired) electrons. The van der Waals surface area contributed by atoms with Gasteiger partial charge in [0.1, 0.15) is 11.6 Å². The Balaban J connectivity index is 0.000000500. The van der Waals surface area contributed by atoms with Crippen molar-refractivity contribution >= 4 is 10.2 Å². The average molecular weight is 416 g/mol. The van der Waals surface area contributed by atoms with Crippen molar-refractivity contribution in [2.75, 3.05) is 0 Å². The summed E-state index contributed by atoms with van der Waals surface area (Å²) in [4.78, 5) is 3.68. The minimum atomic E-state index is -4.57. The number of aryl methyl sites for hydroxylation is 1. The molecule has 0 atom stereocenters. The van der Waals surface area contributed by atoms with E-state index in [1.807, 2.05) is 0 Å². The van der Waals surface area contributed by atoms with Crippen LogP contribution in [0.2, 0.25) is 0 Å². The molecule has 0 aliphatic carbocycles. The molecule has 0 amide bonds. The molecule has 150 valence electrons. The molecule has 6 nitrogen and oxygen atoms in total. The van der Waals surface area contributed by atoms with E-state index in [0.29, 0.717) is 16.8 Å². The first-order valence-corrected chi connectivity index (χ1v) is 9.25. The zero-order valence-corrected chi connectivity index (χ0v) is 15.3. The molecule has 3 rings (SSSR count). The fourth-order valence-electron chi connectivity index (χ4n) is 2.37. The highest BCUT2D eigenvalue weighted by Crippen LogP contribution is 2.33. The summed E-state index contributed by atoms with van der Waals surface area (Å²) in [6.07, 6.45) is -3.65.